The number of amides is 2. The predicted molar refractivity (Wildman–Crippen MR) is 28.7 cm³/mol. The lowest BCUT2D eigenvalue weighted by Crippen LogP contribution is -2.23. The van der Waals surface area contributed by atoms with Crippen LogP contribution in [0.5, 0.6) is 0 Å². The van der Waals surface area contributed by atoms with Crippen molar-refractivity contribution < 1.29 is 14.3 Å². The number of nitrogens with one attached hydrogen (secondary N) is 1. The fourth-order valence-corrected chi connectivity index (χ4v) is 0.662. The molecule has 2 amide bonds. The number of ether oxygens (including phenoxy) is 1. The first-order valence-corrected chi connectivity index (χ1v) is 2.75. The van der Waals surface area contributed by atoms with E-state index in [0.29, 0.717) is 6.42 Å². The Morgan fingerprint density at radius 1 is 1.67 bits per heavy atom. The zero-order valence-electron chi connectivity index (χ0n) is 5.01. The molecule has 1 rings (SSSR count). The van der Waals surface area contributed by atoms with Gasteiger partial charge in [-0.1, -0.05) is 6.92 Å². The molecule has 0 bridgehead atoms. The highest BCUT2D eigenvalue weighted by molar-refractivity contribution is 5.99. The van der Waals surface area contributed by atoms with Gasteiger partial charge in [0.05, 0.1) is 0 Å². The minimum absolute atomic E-state index is 0.331. The maximum Gasteiger partial charge on any atom is 0.414 e. The van der Waals surface area contributed by atoms with Crippen molar-refractivity contribution in [2.75, 3.05) is 0 Å². The van der Waals surface area contributed by atoms with E-state index in [4.69, 9.17) is 0 Å². The Kier molecular flexibility index (Phi) is 1.38. The summed E-state index contributed by atoms with van der Waals surface area (Å²) in [4.78, 5) is 20.8. The lowest BCUT2D eigenvalue weighted by molar-refractivity contribution is -0.123. The molecule has 0 radical (unpaired) electrons. The van der Waals surface area contributed by atoms with Gasteiger partial charge in [0.1, 0.15) is 0 Å². The average Bonchev–Trinajstić information content (AvgIpc) is 2.10. The molecule has 0 aromatic heterocycles. The van der Waals surface area contributed by atoms with Crippen molar-refractivity contribution in [1.82, 2.24) is 5.32 Å². The summed E-state index contributed by atoms with van der Waals surface area (Å²) in [5.74, 6) is -0.331. The van der Waals surface area contributed by atoms with Crippen molar-refractivity contribution >= 4 is 12.0 Å². The third-order valence-corrected chi connectivity index (χ3v) is 1.14. The van der Waals surface area contributed by atoms with E-state index < -0.39 is 12.2 Å². The van der Waals surface area contributed by atoms with Gasteiger partial charge in [0.2, 0.25) is 0 Å². The maximum atomic E-state index is 10.6. The van der Waals surface area contributed by atoms with Crippen molar-refractivity contribution in [2.45, 2.75) is 19.4 Å². The number of carbonyl (C=O) groups excluding carboxylic acids is 2. The highest BCUT2D eigenvalue weighted by atomic mass is 16.6. The van der Waals surface area contributed by atoms with Crippen molar-refractivity contribution in [1.29, 1.82) is 0 Å². The summed E-state index contributed by atoms with van der Waals surface area (Å²) in [6, 6.07) is 0. The summed E-state index contributed by atoms with van der Waals surface area (Å²) in [7, 11) is 0. The highest BCUT2D eigenvalue weighted by Gasteiger charge is 2.29. The molecule has 1 fully saturated rings. The molecule has 0 aliphatic carbocycles. The monoisotopic (exact) mass is 129 g/mol. The van der Waals surface area contributed by atoms with E-state index in [1.807, 2.05) is 5.32 Å². The third-order valence-electron chi connectivity index (χ3n) is 1.14. The number of rotatable bonds is 1. The topological polar surface area (TPSA) is 55.4 Å². The summed E-state index contributed by atoms with van der Waals surface area (Å²) < 4.78 is 4.52. The molecule has 0 aromatic rings. The highest BCUT2D eigenvalue weighted by Crippen LogP contribution is 2.04. The van der Waals surface area contributed by atoms with E-state index in [1.54, 1.807) is 6.92 Å². The lowest BCUT2D eigenvalue weighted by atomic mass is 10.3. The van der Waals surface area contributed by atoms with Gasteiger partial charge >= 0.3 is 6.09 Å². The van der Waals surface area contributed by atoms with Gasteiger partial charge in [-0.25, -0.2) is 4.79 Å². The summed E-state index contributed by atoms with van der Waals surface area (Å²) in [5.41, 5.74) is 0. The second-order valence-electron chi connectivity index (χ2n) is 1.79. The van der Waals surface area contributed by atoms with Crippen molar-refractivity contribution in [3.63, 3.8) is 0 Å². The second kappa shape index (κ2) is 2.05. The van der Waals surface area contributed by atoms with Crippen LogP contribution in [-0.2, 0) is 9.53 Å². The van der Waals surface area contributed by atoms with E-state index in [2.05, 4.69) is 4.74 Å². The number of hydrogen-bond acceptors (Lipinski definition) is 3. The minimum atomic E-state index is -0.633. The maximum absolute atomic E-state index is 10.6. The summed E-state index contributed by atoms with van der Waals surface area (Å²) >= 11 is 0. The molecule has 4 nitrogen and oxygen atoms in total. The Labute approximate surface area is 52.2 Å². The largest absolute Gasteiger partial charge is 0.436 e. The summed E-state index contributed by atoms with van der Waals surface area (Å²) in [5, 5.41) is 2.02. The lowest BCUT2D eigenvalue weighted by Gasteiger charge is -1.97. The van der Waals surface area contributed by atoms with Crippen LogP contribution in [0.15, 0.2) is 0 Å². The van der Waals surface area contributed by atoms with Crippen LogP contribution >= 0.6 is 0 Å². The molecular weight excluding hydrogens is 122 g/mol. The van der Waals surface area contributed by atoms with E-state index in [-0.39, 0.29) is 5.91 Å². The molecular formula is C5H7NO3. The van der Waals surface area contributed by atoms with Crippen LogP contribution < -0.4 is 5.32 Å². The van der Waals surface area contributed by atoms with Crippen LogP contribution in [0.1, 0.15) is 13.3 Å². The summed E-state index contributed by atoms with van der Waals surface area (Å²) in [6.07, 6.45) is -0.651. The van der Waals surface area contributed by atoms with Crippen LogP contribution in [0.4, 0.5) is 4.79 Å². The first kappa shape index (κ1) is 6.07. The molecule has 1 unspecified atom stereocenters. The molecule has 9 heavy (non-hydrogen) atoms. The minimum Gasteiger partial charge on any atom is -0.436 e. The average molecular weight is 129 g/mol. The van der Waals surface area contributed by atoms with Crippen LogP contribution in [-0.4, -0.2) is 18.1 Å². The first-order valence-electron chi connectivity index (χ1n) is 2.75. The molecule has 1 heterocycles. The number of imide groups is 1. The smallest absolute Gasteiger partial charge is 0.414 e. The molecule has 0 aromatic carbocycles. The van der Waals surface area contributed by atoms with Gasteiger partial charge in [0, 0.05) is 0 Å². The Morgan fingerprint density at radius 2 is 2.33 bits per heavy atom. The number of carbonyl (C=O) groups is 2. The third kappa shape index (κ3) is 1.01. The van der Waals surface area contributed by atoms with Gasteiger partial charge in [-0.05, 0) is 6.42 Å². The van der Waals surface area contributed by atoms with Crippen molar-refractivity contribution in [3.05, 3.63) is 0 Å². The molecule has 50 valence electrons. The molecule has 0 saturated carbocycles. The zero-order chi connectivity index (χ0) is 6.85. The van der Waals surface area contributed by atoms with Gasteiger partial charge in [0.15, 0.2) is 6.10 Å². The van der Waals surface area contributed by atoms with Crippen molar-refractivity contribution in [2.24, 2.45) is 0 Å². The first-order chi connectivity index (χ1) is 4.24. The number of alkyl carbamates (subject to hydrolysis) is 1. The summed E-state index contributed by atoms with van der Waals surface area (Å²) in [6.45, 7) is 1.78. The quantitative estimate of drug-likeness (QED) is 0.543. The molecule has 4 heteroatoms. The number of hydrogen-bond donors (Lipinski definition) is 1. The van der Waals surface area contributed by atoms with Crippen LogP contribution in [0.3, 0.4) is 0 Å². The van der Waals surface area contributed by atoms with Gasteiger partial charge < -0.3 is 4.74 Å². The Hall–Kier alpha value is -1.06. The van der Waals surface area contributed by atoms with E-state index in [0.717, 1.165) is 0 Å². The predicted octanol–water partition coefficient (Wildman–Crippen LogP) is 0.0314. The van der Waals surface area contributed by atoms with Crippen molar-refractivity contribution in [3.8, 4) is 0 Å². The van der Waals surface area contributed by atoms with E-state index >= 15 is 0 Å². The van der Waals surface area contributed by atoms with Crippen LogP contribution in [0.25, 0.3) is 0 Å². The standard InChI is InChI=1S/C5H7NO3/c1-2-3-4(7)6-5(8)9-3/h3H,2H2,1H3,(H,6,7,8). The number of cyclic esters (lactones) is 1. The van der Waals surface area contributed by atoms with Gasteiger partial charge in [-0.3, -0.25) is 10.1 Å². The molecule has 1 atom stereocenters. The van der Waals surface area contributed by atoms with Crippen LogP contribution in [0.2, 0.25) is 0 Å². The SMILES string of the molecule is CCC1OC(=O)NC1=O. The van der Waals surface area contributed by atoms with Crippen LogP contribution in [0, 0.1) is 0 Å². The Bertz CT molecular complexity index is 154. The zero-order valence-corrected chi connectivity index (χ0v) is 5.01. The van der Waals surface area contributed by atoms with E-state index in [9.17, 15) is 9.59 Å². The molecule has 1 aliphatic rings. The normalized spacial score (nSPS) is 25.7. The molecule has 1 saturated heterocycles. The Morgan fingerprint density at radius 3 is 2.56 bits per heavy atom. The second-order valence-corrected chi connectivity index (χ2v) is 1.79. The fraction of sp³-hybridized carbons (Fsp3) is 0.600. The van der Waals surface area contributed by atoms with E-state index in [1.165, 1.54) is 0 Å². The van der Waals surface area contributed by atoms with Gasteiger partial charge in [-0.2, -0.15) is 0 Å². The van der Waals surface area contributed by atoms with Gasteiger partial charge in [0.25, 0.3) is 5.91 Å². The fourth-order valence-electron chi connectivity index (χ4n) is 0.662. The Balaban J connectivity index is 2.58. The van der Waals surface area contributed by atoms with Gasteiger partial charge in [-0.15, -0.1) is 0 Å². The molecule has 1 aliphatic heterocycles. The molecule has 1 N–H and O–H groups in total. The molecule has 0 spiro atoms.